The summed E-state index contributed by atoms with van der Waals surface area (Å²) >= 11 is 0. The number of rotatable bonds is 5. The summed E-state index contributed by atoms with van der Waals surface area (Å²) in [6, 6.07) is 2.23. The van der Waals surface area contributed by atoms with Gasteiger partial charge in [0.2, 0.25) is 0 Å². The quantitative estimate of drug-likeness (QED) is 0.888. The van der Waals surface area contributed by atoms with Crippen LogP contribution in [0.25, 0.3) is 0 Å². The van der Waals surface area contributed by atoms with Crippen LogP contribution in [0.4, 0.5) is 0 Å². The second kappa shape index (κ2) is 5.52. The Bertz CT molecular complexity index is 539. The van der Waals surface area contributed by atoms with Crippen LogP contribution in [0, 0.1) is 6.92 Å². The lowest BCUT2D eigenvalue weighted by atomic mass is 10.1. The summed E-state index contributed by atoms with van der Waals surface area (Å²) in [6.07, 6.45) is 2.26. The van der Waals surface area contributed by atoms with Crippen molar-refractivity contribution in [2.75, 3.05) is 0 Å². The molecule has 0 aliphatic rings. The average molecular weight is 262 g/mol. The van der Waals surface area contributed by atoms with Crippen molar-refractivity contribution in [2.45, 2.75) is 52.7 Å². The van der Waals surface area contributed by atoms with E-state index in [0.717, 1.165) is 23.8 Å². The first-order valence-corrected chi connectivity index (χ1v) is 6.71. The van der Waals surface area contributed by atoms with Gasteiger partial charge >= 0.3 is 0 Å². The van der Waals surface area contributed by atoms with Crippen LogP contribution in [0.2, 0.25) is 0 Å². The molecule has 0 spiro atoms. The van der Waals surface area contributed by atoms with Crippen LogP contribution in [-0.4, -0.2) is 24.5 Å². The van der Waals surface area contributed by atoms with Crippen molar-refractivity contribution < 1.29 is 0 Å². The van der Waals surface area contributed by atoms with Gasteiger partial charge in [-0.15, -0.1) is 0 Å². The minimum Gasteiger partial charge on any atom is -0.322 e. The fraction of sp³-hybridized carbons (Fsp3) is 0.615. The highest BCUT2D eigenvalue weighted by Gasteiger charge is 2.17. The van der Waals surface area contributed by atoms with Gasteiger partial charge < -0.3 is 5.73 Å². The number of aryl methyl sites for hydroxylation is 2. The Morgan fingerprint density at radius 3 is 2.74 bits per heavy atom. The maximum Gasteiger partial charge on any atom is 0.138 e. The van der Waals surface area contributed by atoms with E-state index in [2.05, 4.69) is 36.0 Å². The molecule has 19 heavy (non-hydrogen) atoms. The van der Waals surface area contributed by atoms with E-state index in [0.29, 0.717) is 12.5 Å². The fourth-order valence-corrected chi connectivity index (χ4v) is 2.27. The molecule has 0 fully saturated rings. The Morgan fingerprint density at radius 1 is 1.37 bits per heavy atom. The highest BCUT2D eigenvalue weighted by atomic mass is 15.3. The van der Waals surface area contributed by atoms with E-state index in [9.17, 15) is 0 Å². The lowest BCUT2D eigenvalue weighted by Gasteiger charge is -2.15. The van der Waals surface area contributed by atoms with Gasteiger partial charge in [0, 0.05) is 19.0 Å². The van der Waals surface area contributed by atoms with Gasteiger partial charge in [-0.1, -0.05) is 0 Å². The fourth-order valence-electron chi connectivity index (χ4n) is 2.27. The molecule has 2 heterocycles. The topological polar surface area (TPSA) is 74.6 Å². The van der Waals surface area contributed by atoms with Crippen LogP contribution in [0.3, 0.4) is 0 Å². The number of hydrogen-bond acceptors (Lipinski definition) is 4. The van der Waals surface area contributed by atoms with Gasteiger partial charge in [0.05, 0.1) is 17.4 Å². The lowest BCUT2D eigenvalue weighted by molar-refractivity contribution is 0.484. The predicted molar refractivity (Wildman–Crippen MR) is 73.7 cm³/mol. The van der Waals surface area contributed by atoms with Crippen molar-refractivity contribution in [3.05, 3.63) is 29.6 Å². The number of hydrogen-bond donors (Lipinski definition) is 1. The predicted octanol–water partition coefficient (Wildman–Crippen LogP) is 1.63. The third kappa shape index (κ3) is 2.84. The second-order valence-electron chi connectivity index (χ2n) is 5.05. The van der Waals surface area contributed by atoms with Gasteiger partial charge in [0.15, 0.2) is 0 Å². The summed E-state index contributed by atoms with van der Waals surface area (Å²) in [5.74, 6) is 0.920. The first kappa shape index (κ1) is 13.7. The number of aromatic nitrogens is 5. The molecule has 1 atom stereocenters. The average Bonchev–Trinajstić information content (AvgIpc) is 2.95. The van der Waals surface area contributed by atoms with Gasteiger partial charge in [-0.3, -0.25) is 4.68 Å². The van der Waals surface area contributed by atoms with E-state index in [4.69, 9.17) is 5.73 Å². The van der Waals surface area contributed by atoms with Crippen molar-refractivity contribution in [3.63, 3.8) is 0 Å². The molecule has 2 aromatic rings. The van der Waals surface area contributed by atoms with Crippen molar-refractivity contribution in [1.29, 1.82) is 0 Å². The zero-order chi connectivity index (χ0) is 14.0. The summed E-state index contributed by atoms with van der Waals surface area (Å²) in [4.78, 5) is 4.31. The SMILES string of the molecule is CCn1nc(C)cc1C(N)Cc1ncnn1C(C)C. The summed E-state index contributed by atoms with van der Waals surface area (Å²) in [5.41, 5.74) is 8.35. The van der Waals surface area contributed by atoms with E-state index in [1.165, 1.54) is 0 Å². The first-order chi connectivity index (χ1) is 9.02. The molecule has 2 rings (SSSR count). The zero-order valence-electron chi connectivity index (χ0n) is 12.0. The Balaban J connectivity index is 2.20. The Labute approximate surface area is 113 Å². The molecule has 2 aromatic heterocycles. The molecule has 6 nitrogen and oxygen atoms in total. The Hall–Kier alpha value is -1.69. The second-order valence-corrected chi connectivity index (χ2v) is 5.05. The minimum atomic E-state index is -0.108. The zero-order valence-corrected chi connectivity index (χ0v) is 12.0. The largest absolute Gasteiger partial charge is 0.322 e. The highest BCUT2D eigenvalue weighted by Crippen LogP contribution is 2.17. The van der Waals surface area contributed by atoms with E-state index in [-0.39, 0.29) is 6.04 Å². The minimum absolute atomic E-state index is 0.108. The molecule has 0 saturated heterocycles. The molecule has 0 amide bonds. The third-order valence-corrected chi connectivity index (χ3v) is 3.15. The molecule has 6 heteroatoms. The summed E-state index contributed by atoms with van der Waals surface area (Å²) in [5, 5.41) is 8.67. The van der Waals surface area contributed by atoms with Crippen LogP contribution in [0.1, 0.15) is 50.1 Å². The van der Waals surface area contributed by atoms with Crippen molar-refractivity contribution >= 4 is 0 Å². The number of nitrogens with two attached hydrogens (primary N) is 1. The Morgan fingerprint density at radius 2 is 2.11 bits per heavy atom. The van der Waals surface area contributed by atoms with E-state index >= 15 is 0 Å². The molecule has 1 unspecified atom stereocenters. The van der Waals surface area contributed by atoms with Crippen LogP contribution in [0.15, 0.2) is 12.4 Å². The maximum absolute atomic E-state index is 6.30. The van der Waals surface area contributed by atoms with Crippen LogP contribution >= 0.6 is 0 Å². The van der Waals surface area contributed by atoms with Crippen molar-refractivity contribution in [3.8, 4) is 0 Å². The van der Waals surface area contributed by atoms with Gasteiger partial charge in [-0.2, -0.15) is 10.2 Å². The van der Waals surface area contributed by atoms with Crippen LogP contribution in [-0.2, 0) is 13.0 Å². The van der Waals surface area contributed by atoms with Crippen molar-refractivity contribution in [1.82, 2.24) is 24.5 Å². The lowest BCUT2D eigenvalue weighted by Crippen LogP contribution is -2.21. The maximum atomic E-state index is 6.30. The van der Waals surface area contributed by atoms with E-state index in [1.807, 2.05) is 22.4 Å². The van der Waals surface area contributed by atoms with Gasteiger partial charge in [-0.25, -0.2) is 9.67 Å². The monoisotopic (exact) mass is 262 g/mol. The summed E-state index contributed by atoms with van der Waals surface area (Å²) < 4.78 is 3.87. The van der Waals surface area contributed by atoms with E-state index < -0.39 is 0 Å². The normalized spacial score (nSPS) is 13.2. The molecule has 0 aromatic carbocycles. The molecule has 0 aliphatic carbocycles. The van der Waals surface area contributed by atoms with Gasteiger partial charge in [0.1, 0.15) is 12.2 Å². The molecule has 104 valence electrons. The van der Waals surface area contributed by atoms with Crippen LogP contribution in [0.5, 0.6) is 0 Å². The van der Waals surface area contributed by atoms with Crippen molar-refractivity contribution in [2.24, 2.45) is 5.73 Å². The summed E-state index contributed by atoms with van der Waals surface area (Å²) in [6.45, 7) is 9.06. The molecule has 0 radical (unpaired) electrons. The molecule has 0 aliphatic heterocycles. The van der Waals surface area contributed by atoms with Gasteiger partial charge in [-0.05, 0) is 33.8 Å². The summed E-state index contributed by atoms with van der Waals surface area (Å²) in [7, 11) is 0. The van der Waals surface area contributed by atoms with Gasteiger partial charge in [0.25, 0.3) is 0 Å². The Kier molecular flexibility index (Phi) is 3.99. The molecule has 0 saturated carbocycles. The van der Waals surface area contributed by atoms with E-state index in [1.54, 1.807) is 6.33 Å². The van der Waals surface area contributed by atoms with Crippen LogP contribution < -0.4 is 5.73 Å². The first-order valence-electron chi connectivity index (χ1n) is 6.71. The highest BCUT2D eigenvalue weighted by molar-refractivity contribution is 5.14. The third-order valence-electron chi connectivity index (χ3n) is 3.15. The molecule has 2 N–H and O–H groups in total. The standard InChI is InChI=1S/C13H22N6/c1-5-18-12(6-10(4)17-18)11(14)7-13-15-8-16-19(13)9(2)3/h6,8-9,11H,5,7,14H2,1-4H3. The molecule has 0 bridgehead atoms. The number of nitrogens with zero attached hydrogens (tertiary/aromatic N) is 5. The smallest absolute Gasteiger partial charge is 0.138 e. The molecular formula is C13H22N6. The molecular weight excluding hydrogens is 240 g/mol.